The summed E-state index contributed by atoms with van der Waals surface area (Å²) >= 11 is 0. The third-order valence-electron chi connectivity index (χ3n) is 0. The van der Waals surface area contributed by atoms with Gasteiger partial charge in [0.1, 0.15) is 0 Å². The van der Waals surface area contributed by atoms with Crippen LogP contribution < -0.4 is 0 Å². The van der Waals surface area contributed by atoms with E-state index in [1.165, 1.54) is 0 Å². The largest absolute Gasteiger partial charge is 0.316 e. The first-order valence-corrected chi connectivity index (χ1v) is 0. The van der Waals surface area contributed by atoms with Gasteiger partial charge in [0.25, 0.3) is 0 Å². The van der Waals surface area contributed by atoms with E-state index in [1.54, 1.807) is 0 Å². The van der Waals surface area contributed by atoms with Crippen molar-refractivity contribution in [1.82, 2.24) is 0 Å². The second kappa shape index (κ2) is 16.8. The van der Waals surface area contributed by atoms with Gasteiger partial charge in [-0.1, -0.05) is 7.43 Å². The SMILES string of the molecule is C.[CaH2].[MgH2].[Zr]. The number of hydrogen-bond donors (Lipinski definition) is 0. The molecule has 0 fully saturated rings. The molecule has 0 aliphatic carbocycles. The van der Waals surface area contributed by atoms with Crippen molar-refractivity contribution in [3.8, 4) is 0 Å². The molecule has 0 aliphatic heterocycles. The van der Waals surface area contributed by atoms with Crippen LogP contribution in [0.15, 0.2) is 0 Å². The van der Waals surface area contributed by atoms with Gasteiger partial charge in [0.05, 0.1) is 0 Å². The molecule has 3 heteroatoms. The van der Waals surface area contributed by atoms with E-state index in [-0.39, 0.29) is 94.4 Å². The second-order valence-corrected chi connectivity index (χ2v) is 0. The smallest absolute Gasteiger partial charge is 0 e. The summed E-state index contributed by atoms with van der Waals surface area (Å²) in [6.45, 7) is 0. The van der Waals surface area contributed by atoms with Gasteiger partial charge in [-0.2, -0.15) is 0 Å². The van der Waals surface area contributed by atoms with Crippen LogP contribution in [0, 0.1) is 0 Å². The van der Waals surface area contributed by atoms with Crippen molar-refractivity contribution in [3.63, 3.8) is 0 Å². The predicted molar refractivity (Wildman–Crippen MR) is 23.8 cm³/mol. The molecule has 0 atom stereocenters. The van der Waals surface area contributed by atoms with Gasteiger partial charge >= 0.3 is 60.8 Å². The summed E-state index contributed by atoms with van der Waals surface area (Å²) in [6.07, 6.45) is 0. The fraction of sp³-hybridized carbons (Fsp3) is 1.00. The third kappa shape index (κ3) is 8.86. The molecule has 0 heterocycles. The molecule has 0 bridgehead atoms. The molecule has 0 aromatic heterocycles. The molecular formula is CH8CaMgZr. The molecule has 0 spiro atoms. The van der Waals surface area contributed by atoms with Crippen molar-refractivity contribution in [2.75, 3.05) is 0 Å². The normalized spacial score (nSPS) is 0. The second-order valence-electron chi connectivity index (χ2n) is 0. The number of hydrogen-bond acceptors (Lipinski definition) is 0. The fourth-order valence-corrected chi connectivity index (χ4v) is 0. The Labute approximate surface area is 92.4 Å². The Hall–Kier alpha value is 2.91. The van der Waals surface area contributed by atoms with Gasteiger partial charge in [0.15, 0.2) is 0 Å². The van der Waals surface area contributed by atoms with E-state index < -0.39 is 0 Å². The predicted octanol–water partition coefficient (Wildman–Crippen LogP) is -1.20. The van der Waals surface area contributed by atoms with Crippen LogP contribution >= 0.6 is 0 Å². The Morgan fingerprint density at radius 3 is 1.00 bits per heavy atom. The zero-order chi connectivity index (χ0) is 0. The van der Waals surface area contributed by atoms with Gasteiger partial charge in [0.2, 0.25) is 0 Å². The molecule has 0 saturated heterocycles. The minimum absolute atomic E-state index is 0. The van der Waals surface area contributed by atoms with Gasteiger partial charge in [-0.05, 0) is 0 Å². The molecule has 0 aromatic carbocycles. The molecule has 0 amide bonds. The molecule has 0 nitrogen and oxygen atoms in total. The van der Waals surface area contributed by atoms with Crippen LogP contribution in [0.5, 0.6) is 0 Å². The van der Waals surface area contributed by atoms with E-state index >= 15 is 0 Å². The molecule has 0 aromatic rings. The first-order chi connectivity index (χ1) is 0. The quantitative estimate of drug-likeness (QED) is 0.406. The Balaban J connectivity index is 0. The van der Waals surface area contributed by atoms with Crippen LogP contribution in [0.4, 0.5) is 0 Å². The minimum atomic E-state index is 0. The Bertz CT molecular complexity index is 8.00. The zero-order valence-corrected chi connectivity index (χ0v) is 2.96. The molecule has 0 saturated carbocycles. The van der Waals surface area contributed by atoms with E-state index in [4.69, 9.17) is 0 Å². The van der Waals surface area contributed by atoms with Crippen LogP contribution in [0.2, 0.25) is 0 Å². The van der Waals surface area contributed by atoms with Crippen molar-refractivity contribution < 1.29 is 26.2 Å². The Morgan fingerprint density at radius 1 is 1.00 bits per heavy atom. The van der Waals surface area contributed by atoms with E-state index in [0.717, 1.165) is 0 Å². The molecule has 20 valence electrons. The van der Waals surface area contributed by atoms with Gasteiger partial charge in [0, 0.05) is 26.2 Å². The molecule has 0 N–H and O–H groups in total. The molecule has 4 heavy (non-hydrogen) atoms. The van der Waals surface area contributed by atoms with Crippen molar-refractivity contribution in [1.29, 1.82) is 0 Å². The zero-order valence-electron chi connectivity index (χ0n) is 0.500. The van der Waals surface area contributed by atoms with Gasteiger partial charge in [-0.25, -0.2) is 0 Å². The average Bonchev–Trinajstić information content (AvgIpc) is 0. The van der Waals surface area contributed by atoms with E-state index in [1.807, 2.05) is 0 Å². The Morgan fingerprint density at radius 2 is 1.00 bits per heavy atom. The maximum Gasteiger partial charge on any atom is 0.316 e. The van der Waals surface area contributed by atoms with Crippen LogP contribution in [-0.2, 0) is 26.2 Å². The van der Waals surface area contributed by atoms with Gasteiger partial charge in [-0.3, -0.25) is 0 Å². The summed E-state index contributed by atoms with van der Waals surface area (Å²) in [6, 6.07) is 0. The van der Waals surface area contributed by atoms with Crippen molar-refractivity contribution in [3.05, 3.63) is 0 Å². The maximum atomic E-state index is 0. The van der Waals surface area contributed by atoms with E-state index in [0.29, 0.717) is 0 Å². The summed E-state index contributed by atoms with van der Waals surface area (Å²) < 4.78 is 0. The molecule has 0 rings (SSSR count). The van der Waals surface area contributed by atoms with Gasteiger partial charge < -0.3 is 0 Å². The molecule has 0 radical (unpaired) electrons. The maximum absolute atomic E-state index is 0. The number of rotatable bonds is 0. The van der Waals surface area contributed by atoms with Crippen LogP contribution in [0.3, 0.4) is 0 Å². The van der Waals surface area contributed by atoms with Crippen molar-refractivity contribution in [2.24, 2.45) is 0 Å². The summed E-state index contributed by atoms with van der Waals surface area (Å²) in [4.78, 5) is 0. The van der Waals surface area contributed by atoms with Crippen molar-refractivity contribution >= 4 is 60.8 Å². The van der Waals surface area contributed by atoms with Crippen molar-refractivity contribution in [2.45, 2.75) is 7.43 Å². The summed E-state index contributed by atoms with van der Waals surface area (Å²) in [5.41, 5.74) is 0. The van der Waals surface area contributed by atoms with Crippen LogP contribution in [0.25, 0.3) is 0 Å². The Kier molecular flexibility index (Phi) is 120. The average molecular weight is 176 g/mol. The van der Waals surface area contributed by atoms with E-state index in [2.05, 4.69) is 0 Å². The van der Waals surface area contributed by atoms with Gasteiger partial charge in [-0.15, -0.1) is 0 Å². The molecular weight excluding hydrogens is 168 g/mol. The first-order valence-electron chi connectivity index (χ1n) is 0. The standard InChI is InChI=1S/CH4.Ca.Mg.Zr.4H/h1H4;;;;;;;. The third-order valence-corrected chi connectivity index (χ3v) is 0. The summed E-state index contributed by atoms with van der Waals surface area (Å²) in [7, 11) is 0. The topological polar surface area (TPSA) is 0 Å². The first kappa shape index (κ1) is 28.5. The fourth-order valence-electron chi connectivity index (χ4n) is 0. The van der Waals surface area contributed by atoms with Crippen LogP contribution in [-0.4, -0.2) is 60.8 Å². The van der Waals surface area contributed by atoms with E-state index in [9.17, 15) is 0 Å². The monoisotopic (exact) mass is 174 g/mol. The summed E-state index contributed by atoms with van der Waals surface area (Å²) in [5, 5.41) is 0. The molecule has 0 unspecified atom stereocenters. The summed E-state index contributed by atoms with van der Waals surface area (Å²) in [5.74, 6) is 0. The van der Waals surface area contributed by atoms with Crippen LogP contribution in [0.1, 0.15) is 7.43 Å². The minimum Gasteiger partial charge on any atom is 0 e. The molecule has 0 aliphatic rings.